The summed E-state index contributed by atoms with van der Waals surface area (Å²) in [5.74, 6) is 0. The van der Waals surface area contributed by atoms with Gasteiger partial charge < -0.3 is 29.2 Å². The zero-order valence-corrected chi connectivity index (χ0v) is 24.7. The lowest BCUT2D eigenvalue weighted by atomic mass is 10.0. The molecule has 6 nitrogen and oxygen atoms in total. The van der Waals surface area contributed by atoms with Crippen LogP contribution in [0.25, 0.3) is 0 Å². The topological polar surface area (TPSA) is 77.4 Å². The molecule has 0 aliphatic heterocycles. The van der Waals surface area contributed by atoms with Crippen LogP contribution in [0.4, 0.5) is 0 Å². The Morgan fingerprint density at radius 2 is 0.786 bits per heavy atom. The van der Waals surface area contributed by atoms with Gasteiger partial charge in [-0.15, -0.1) is 0 Å². The van der Waals surface area contributed by atoms with Crippen LogP contribution < -0.4 is 0 Å². The number of hydrogen-bond acceptors (Lipinski definition) is 6. The van der Waals surface area contributed by atoms with Crippen LogP contribution in [0.5, 0.6) is 0 Å². The number of rotatable bonds is 17. The van der Waals surface area contributed by atoms with Gasteiger partial charge in [-0.1, -0.05) is 108 Å². The Balaban J connectivity index is 1.44. The Hall–Kier alpha value is -2.78. The van der Waals surface area contributed by atoms with Crippen molar-refractivity contribution in [1.82, 2.24) is 0 Å². The molecule has 4 atom stereocenters. The summed E-state index contributed by atoms with van der Waals surface area (Å²) in [6.45, 7) is 1.16. The van der Waals surface area contributed by atoms with Gasteiger partial charge >= 0.3 is 0 Å². The fourth-order valence-corrected chi connectivity index (χ4v) is 4.48. The van der Waals surface area contributed by atoms with E-state index in [1.165, 1.54) is 0 Å². The first-order valence-corrected chi connectivity index (χ1v) is 14.5. The molecule has 0 amide bonds. The second-order valence-electron chi connectivity index (χ2n) is 9.93. The van der Waals surface area contributed by atoms with Crippen molar-refractivity contribution in [1.29, 1.82) is 0 Å². The maximum atomic E-state index is 11.4. The summed E-state index contributed by atoms with van der Waals surface area (Å²) in [7, 11) is 0. The summed E-state index contributed by atoms with van der Waals surface area (Å²) in [4.78, 5) is 0. The maximum Gasteiger partial charge on any atom is 0.111 e. The van der Waals surface area contributed by atoms with Gasteiger partial charge in [0.15, 0.2) is 0 Å². The monoisotopic (exact) mass is 610 g/mol. The van der Waals surface area contributed by atoms with Crippen molar-refractivity contribution in [3.8, 4) is 0 Å². The van der Waals surface area contributed by atoms with Crippen molar-refractivity contribution in [2.45, 2.75) is 50.8 Å². The Morgan fingerprint density at radius 1 is 0.452 bits per heavy atom. The van der Waals surface area contributed by atoms with Crippen molar-refractivity contribution in [3.05, 3.63) is 141 Å². The first-order valence-electron chi connectivity index (χ1n) is 13.8. The molecule has 0 aromatic heterocycles. The van der Waals surface area contributed by atoms with Crippen molar-refractivity contribution in [2.75, 3.05) is 13.2 Å². The second kappa shape index (κ2) is 17.4. The maximum absolute atomic E-state index is 11.4. The van der Waals surface area contributed by atoms with Gasteiger partial charge in [-0.25, -0.2) is 0 Å². The highest BCUT2D eigenvalue weighted by molar-refractivity contribution is 6.30. The summed E-state index contributed by atoms with van der Waals surface area (Å²) in [6.07, 6.45) is -4.36. The average Bonchev–Trinajstić information content (AvgIpc) is 3.02. The Kier molecular flexibility index (Phi) is 13.3. The summed E-state index contributed by atoms with van der Waals surface area (Å²) in [5, 5.41) is 24.0. The molecular formula is C34H36Cl2O6. The van der Waals surface area contributed by atoms with E-state index in [-0.39, 0.29) is 26.4 Å². The predicted octanol–water partition coefficient (Wildman–Crippen LogP) is 6.62. The molecule has 0 radical (unpaired) electrons. The molecule has 0 saturated carbocycles. The molecule has 4 aromatic carbocycles. The number of aliphatic hydroxyl groups excluding tert-OH is 2. The number of aliphatic hydroxyl groups is 2. The molecule has 2 N–H and O–H groups in total. The smallest absolute Gasteiger partial charge is 0.111 e. The normalized spacial score (nSPS) is 14.3. The minimum Gasteiger partial charge on any atom is -0.388 e. The third kappa shape index (κ3) is 10.8. The Labute approximate surface area is 257 Å². The van der Waals surface area contributed by atoms with Crippen LogP contribution in [0.2, 0.25) is 10.0 Å². The van der Waals surface area contributed by atoms with Gasteiger partial charge in [0.2, 0.25) is 0 Å². The molecule has 4 rings (SSSR count). The molecule has 4 aromatic rings. The largest absolute Gasteiger partial charge is 0.388 e. The zero-order chi connectivity index (χ0) is 29.6. The van der Waals surface area contributed by atoms with E-state index in [2.05, 4.69) is 0 Å². The summed E-state index contributed by atoms with van der Waals surface area (Å²) >= 11 is 12.0. The molecule has 8 heteroatoms. The van der Waals surface area contributed by atoms with E-state index in [0.717, 1.165) is 22.3 Å². The molecule has 0 saturated heterocycles. The fraction of sp³-hybridized carbons (Fsp3) is 0.294. The molecule has 42 heavy (non-hydrogen) atoms. The number of halogens is 2. The standard InChI is InChI=1S/C34H36Cl2O6/c35-29-15-11-27(12-16-29)21-41-31(23-39-19-25-7-3-1-4-8-25)33(37)34(38)32(24-40-20-26-9-5-2-6-10-26)42-22-28-13-17-30(36)18-14-28/h1-18,31-34,37-38H,19-24H2/t31-,32-,33-,34-/m1/s1. The van der Waals surface area contributed by atoms with Gasteiger partial charge in [-0.05, 0) is 46.5 Å². The van der Waals surface area contributed by atoms with E-state index < -0.39 is 24.4 Å². The summed E-state index contributed by atoms with van der Waals surface area (Å²) < 4.78 is 24.0. The fourth-order valence-electron chi connectivity index (χ4n) is 4.23. The van der Waals surface area contributed by atoms with Gasteiger partial charge in [0.25, 0.3) is 0 Å². The van der Waals surface area contributed by atoms with Crippen LogP contribution in [0.3, 0.4) is 0 Å². The van der Waals surface area contributed by atoms with Gasteiger partial charge in [-0.2, -0.15) is 0 Å². The quantitative estimate of drug-likeness (QED) is 0.140. The third-order valence-electron chi connectivity index (χ3n) is 6.65. The molecule has 222 valence electrons. The van der Waals surface area contributed by atoms with E-state index in [0.29, 0.717) is 23.3 Å². The van der Waals surface area contributed by atoms with Crippen LogP contribution >= 0.6 is 23.2 Å². The van der Waals surface area contributed by atoms with E-state index in [9.17, 15) is 10.2 Å². The summed E-state index contributed by atoms with van der Waals surface area (Å²) in [5.41, 5.74) is 3.72. The molecule has 0 unspecified atom stereocenters. The van der Waals surface area contributed by atoms with Gasteiger partial charge in [0.1, 0.15) is 24.4 Å². The zero-order valence-electron chi connectivity index (χ0n) is 23.2. The van der Waals surface area contributed by atoms with Gasteiger partial charge in [-0.3, -0.25) is 0 Å². The van der Waals surface area contributed by atoms with Gasteiger partial charge in [0.05, 0.1) is 39.6 Å². The minimum atomic E-state index is -1.33. The van der Waals surface area contributed by atoms with Crippen molar-refractivity contribution in [3.63, 3.8) is 0 Å². The molecule has 0 bridgehead atoms. The van der Waals surface area contributed by atoms with Crippen molar-refractivity contribution < 1.29 is 29.2 Å². The lowest BCUT2D eigenvalue weighted by Crippen LogP contribution is -2.49. The molecule has 0 heterocycles. The van der Waals surface area contributed by atoms with Gasteiger partial charge in [0, 0.05) is 10.0 Å². The van der Waals surface area contributed by atoms with E-state index >= 15 is 0 Å². The van der Waals surface area contributed by atoms with Crippen LogP contribution in [-0.2, 0) is 45.4 Å². The predicted molar refractivity (Wildman–Crippen MR) is 164 cm³/mol. The van der Waals surface area contributed by atoms with E-state index in [1.54, 1.807) is 24.3 Å². The first kappa shape index (κ1) is 32.1. The van der Waals surface area contributed by atoms with Crippen LogP contribution in [0.15, 0.2) is 109 Å². The minimum absolute atomic E-state index is 0.0511. The highest BCUT2D eigenvalue weighted by atomic mass is 35.5. The van der Waals surface area contributed by atoms with E-state index in [1.807, 2.05) is 84.9 Å². The second-order valence-corrected chi connectivity index (χ2v) is 10.8. The molecule has 0 aliphatic rings. The van der Waals surface area contributed by atoms with Crippen molar-refractivity contribution in [2.24, 2.45) is 0 Å². The molecule has 0 fully saturated rings. The lowest BCUT2D eigenvalue weighted by molar-refractivity contribution is -0.170. The first-order chi connectivity index (χ1) is 20.5. The SMILES string of the molecule is O[C@@H]([C@H](O)[C@@H](COCc1ccccc1)OCc1ccc(Cl)cc1)[C@@H](COCc1ccccc1)OCc1ccc(Cl)cc1. The van der Waals surface area contributed by atoms with Crippen LogP contribution in [0, 0.1) is 0 Å². The van der Waals surface area contributed by atoms with Crippen LogP contribution in [0.1, 0.15) is 22.3 Å². The molecule has 0 aliphatic carbocycles. The summed E-state index contributed by atoms with van der Waals surface area (Å²) in [6, 6.07) is 33.9. The Bertz CT molecular complexity index is 1190. The average molecular weight is 612 g/mol. The Morgan fingerprint density at radius 3 is 1.14 bits per heavy atom. The highest BCUT2D eigenvalue weighted by Gasteiger charge is 2.34. The highest BCUT2D eigenvalue weighted by Crippen LogP contribution is 2.19. The molecule has 0 spiro atoms. The van der Waals surface area contributed by atoms with Crippen LogP contribution in [-0.4, -0.2) is 47.8 Å². The van der Waals surface area contributed by atoms with E-state index in [4.69, 9.17) is 42.1 Å². The number of hydrogen-bond donors (Lipinski definition) is 2. The number of benzene rings is 4. The third-order valence-corrected chi connectivity index (χ3v) is 7.16. The van der Waals surface area contributed by atoms with Crippen molar-refractivity contribution >= 4 is 23.2 Å². The molecular weight excluding hydrogens is 575 g/mol. The number of ether oxygens (including phenoxy) is 4. The lowest BCUT2D eigenvalue weighted by Gasteiger charge is -2.32.